The van der Waals surface area contributed by atoms with Crippen molar-refractivity contribution in [2.24, 2.45) is 17.3 Å². The molecule has 4 atom stereocenters. The predicted octanol–water partition coefficient (Wildman–Crippen LogP) is 2.34. The normalized spacial score (nSPS) is 40.3. The molecule has 0 aromatic carbocycles. The van der Waals surface area contributed by atoms with Crippen LogP contribution in [0.15, 0.2) is 0 Å². The molecule has 0 radical (unpaired) electrons. The zero-order chi connectivity index (χ0) is 15.2. The van der Waals surface area contributed by atoms with Gasteiger partial charge >= 0.3 is 5.97 Å². The predicted molar refractivity (Wildman–Crippen MR) is 83.2 cm³/mol. The van der Waals surface area contributed by atoms with Crippen LogP contribution in [0.5, 0.6) is 0 Å². The second-order valence-corrected chi connectivity index (χ2v) is 8.06. The summed E-state index contributed by atoms with van der Waals surface area (Å²) in [6.07, 6.45) is 5.84. The molecule has 0 bridgehead atoms. The molecule has 120 valence electrons. The second kappa shape index (κ2) is 5.54. The number of aliphatic carboxylic acids is 1. The fourth-order valence-electron chi connectivity index (χ4n) is 4.47. The van der Waals surface area contributed by atoms with Gasteiger partial charge in [0.05, 0.1) is 5.92 Å². The summed E-state index contributed by atoms with van der Waals surface area (Å²) in [6, 6.07) is 1.95. The monoisotopic (exact) mass is 294 g/mol. The van der Waals surface area contributed by atoms with Crippen molar-refractivity contribution in [2.75, 3.05) is 13.1 Å². The van der Waals surface area contributed by atoms with Crippen LogP contribution in [0.3, 0.4) is 0 Å². The lowest BCUT2D eigenvalue weighted by atomic mass is 9.61. The van der Waals surface area contributed by atoms with Crippen molar-refractivity contribution in [1.29, 1.82) is 0 Å². The highest BCUT2D eigenvalue weighted by atomic mass is 16.4. The minimum atomic E-state index is -0.619. The summed E-state index contributed by atoms with van der Waals surface area (Å²) < 4.78 is 0. The van der Waals surface area contributed by atoms with E-state index in [1.807, 2.05) is 0 Å². The van der Waals surface area contributed by atoms with Gasteiger partial charge in [-0.2, -0.15) is 0 Å². The quantitative estimate of drug-likeness (QED) is 0.835. The molecule has 21 heavy (non-hydrogen) atoms. The molecule has 4 nitrogen and oxygen atoms in total. The number of nitrogens with one attached hydrogen (secondary N) is 1. The van der Waals surface area contributed by atoms with E-state index >= 15 is 0 Å². The molecule has 2 N–H and O–H groups in total. The maximum atomic E-state index is 11.5. The van der Waals surface area contributed by atoms with E-state index in [2.05, 4.69) is 31.0 Å². The number of likely N-dealkylation sites (tertiary alicyclic amines) is 1. The Morgan fingerprint density at radius 3 is 2.52 bits per heavy atom. The SMILES string of the molecule is CC1C(NC2CCN(C3CC3)C2)CCC(C(=O)O)C1(C)C. The zero-order valence-electron chi connectivity index (χ0n) is 13.6. The Morgan fingerprint density at radius 2 is 1.90 bits per heavy atom. The third-order valence-corrected chi connectivity index (χ3v) is 6.47. The van der Waals surface area contributed by atoms with E-state index in [9.17, 15) is 9.90 Å². The van der Waals surface area contributed by atoms with Crippen molar-refractivity contribution in [3.63, 3.8) is 0 Å². The number of nitrogens with zero attached hydrogens (tertiary/aromatic N) is 1. The molecule has 4 heteroatoms. The van der Waals surface area contributed by atoms with Crippen molar-refractivity contribution in [1.82, 2.24) is 10.2 Å². The summed E-state index contributed by atoms with van der Waals surface area (Å²) in [7, 11) is 0. The van der Waals surface area contributed by atoms with E-state index in [0.717, 1.165) is 18.9 Å². The van der Waals surface area contributed by atoms with Gasteiger partial charge in [0.1, 0.15) is 0 Å². The molecule has 1 aliphatic heterocycles. The molecular formula is C17H30N2O2. The minimum Gasteiger partial charge on any atom is -0.481 e. The fourth-order valence-corrected chi connectivity index (χ4v) is 4.47. The highest BCUT2D eigenvalue weighted by Gasteiger charge is 2.47. The van der Waals surface area contributed by atoms with Gasteiger partial charge in [-0.3, -0.25) is 9.69 Å². The minimum absolute atomic E-state index is 0.128. The third kappa shape index (κ3) is 2.98. The van der Waals surface area contributed by atoms with Crippen LogP contribution in [0.2, 0.25) is 0 Å². The van der Waals surface area contributed by atoms with Gasteiger partial charge in [0.2, 0.25) is 0 Å². The van der Waals surface area contributed by atoms with Crippen LogP contribution < -0.4 is 5.32 Å². The molecule has 1 heterocycles. The van der Waals surface area contributed by atoms with Gasteiger partial charge in [-0.1, -0.05) is 20.8 Å². The molecule has 2 saturated carbocycles. The largest absolute Gasteiger partial charge is 0.481 e. The lowest BCUT2D eigenvalue weighted by Gasteiger charge is -2.47. The molecule has 0 amide bonds. The van der Waals surface area contributed by atoms with Crippen LogP contribution in [0.1, 0.15) is 52.9 Å². The third-order valence-electron chi connectivity index (χ3n) is 6.47. The second-order valence-electron chi connectivity index (χ2n) is 8.06. The van der Waals surface area contributed by atoms with E-state index < -0.39 is 5.97 Å². The number of rotatable bonds is 4. The van der Waals surface area contributed by atoms with Gasteiger partial charge in [0.25, 0.3) is 0 Å². The first-order valence-corrected chi connectivity index (χ1v) is 8.62. The van der Waals surface area contributed by atoms with E-state index in [1.165, 1.54) is 32.4 Å². The topological polar surface area (TPSA) is 52.6 Å². The lowest BCUT2D eigenvalue weighted by Crippen LogP contribution is -2.53. The molecule has 4 unspecified atom stereocenters. The Morgan fingerprint density at radius 1 is 1.19 bits per heavy atom. The molecule has 0 spiro atoms. The Labute approximate surface area is 128 Å². The van der Waals surface area contributed by atoms with Crippen LogP contribution in [-0.2, 0) is 4.79 Å². The average molecular weight is 294 g/mol. The maximum Gasteiger partial charge on any atom is 0.307 e. The molecule has 3 fully saturated rings. The number of carbonyl (C=O) groups is 1. The molecule has 2 aliphatic carbocycles. The molecule has 0 aromatic rings. The van der Waals surface area contributed by atoms with Crippen molar-refractivity contribution in [3.8, 4) is 0 Å². The molecule has 0 aromatic heterocycles. The van der Waals surface area contributed by atoms with Gasteiger partial charge in [0, 0.05) is 31.2 Å². The summed E-state index contributed by atoms with van der Waals surface area (Å²) in [5.41, 5.74) is -0.128. The van der Waals surface area contributed by atoms with Crippen molar-refractivity contribution < 1.29 is 9.90 Å². The molecule has 1 saturated heterocycles. The summed E-state index contributed by atoms with van der Waals surface area (Å²) >= 11 is 0. The van der Waals surface area contributed by atoms with Crippen molar-refractivity contribution in [2.45, 2.75) is 71.0 Å². The first kappa shape index (κ1) is 15.3. The molecule has 3 rings (SSSR count). The highest BCUT2D eigenvalue weighted by molar-refractivity contribution is 5.71. The van der Waals surface area contributed by atoms with Crippen LogP contribution in [0.25, 0.3) is 0 Å². The van der Waals surface area contributed by atoms with Crippen LogP contribution in [0, 0.1) is 17.3 Å². The van der Waals surface area contributed by atoms with E-state index in [1.54, 1.807) is 0 Å². The Bertz CT molecular complexity index is 406. The van der Waals surface area contributed by atoms with Crippen molar-refractivity contribution in [3.05, 3.63) is 0 Å². The smallest absolute Gasteiger partial charge is 0.307 e. The van der Waals surface area contributed by atoms with Crippen LogP contribution in [-0.4, -0.2) is 47.2 Å². The van der Waals surface area contributed by atoms with Crippen LogP contribution >= 0.6 is 0 Å². The van der Waals surface area contributed by atoms with Gasteiger partial charge in [-0.25, -0.2) is 0 Å². The zero-order valence-corrected chi connectivity index (χ0v) is 13.6. The summed E-state index contributed by atoms with van der Waals surface area (Å²) in [4.78, 5) is 14.1. The summed E-state index contributed by atoms with van der Waals surface area (Å²) in [5, 5.41) is 13.3. The fraction of sp³-hybridized carbons (Fsp3) is 0.941. The van der Waals surface area contributed by atoms with E-state index in [0.29, 0.717) is 18.0 Å². The van der Waals surface area contributed by atoms with Gasteiger partial charge in [0.15, 0.2) is 0 Å². The molecule has 3 aliphatic rings. The lowest BCUT2D eigenvalue weighted by molar-refractivity contribution is -0.150. The standard InChI is InChI=1S/C17H30N2O2/c1-11-15(7-6-14(16(20)21)17(11,2)3)18-12-8-9-19(10-12)13-4-5-13/h11-15,18H,4-10H2,1-3H3,(H,20,21). The Kier molecular flexibility index (Phi) is 4.04. The number of carboxylic acids is 1. The number of hydrogen-bond donors (Lipinski definition) is 2. The van der Waals surface area contributed by atoms with Gasteiger partial charge < -0.3 is 10.4 Å². The first-order chi connectivity index (χ1) is 9.89. The Balaban J connectivity index is 1.58. The summed E-state index contributed by atoms with van der Waals surface area (Å²) in [5.74, 6) is -0.412. The van der Waals surface area contributed by atoms with Gasteiger partial charge in [-0.05, 0) is 43.4 Å². The first-order valence-electron chi connectivity index (χ1n) is 8.62. The summed E-state index contributed by atoms with van der Waals surface area (Å²) in [6.45, 7) is 8.94. The Hall–Kier alpha value is -0.610. The number of hydrogen-bond acceptors (Lipinski definition) is 3. The number of carboxylic acid groups (broad SMARTS) is 1. The maximum absolute atomic E-state index is 11.5. The average Bonchev–Trinajstić information content (AvgIpc) is 3.15. The van der Waals surface area contributed by atoms with Crippen LogP contribution in [0.4, 0.5) is 0 Å². The van der Waals surface area contributed by atoms with Gasteiger partial charge in [-0.15, -0.1) is 0 Å². The van der Waals surface area contributed by atoms with E-state index in [-0.39, 0.29) is 11.3 Å². The molecular weight excluding hydrogens is 264 g/mol. The van der Waals surface area contributed by atoms with Crippen molar-refractivity contribution >= 4 is 5.97 Å². The highest BCUT2D eigenvalue weighted by Crippen LogP contribution is 2.45. The van der Waals surface area contributed by atoms with E-state index in [4.69, 9.17) is 0 Å².